The molecule has 0 aliphatic heterocycles. The molecule has 7 nitrogen and oxygen atoms in total. The highest BCUT2D eigenvalue weighted by Gasteiger charge is 2.35. The predicted octanol–water partition coefficient (Wildman–Crippen LogP) is 8.01. The zero-order valence-corrected chi connectivity index (χ0v) is 23.5. The van der Waals surface area contributed by atoms with Crippen LogP contribution in [0.25, 0.3) is 11.0 Å². The summed E-state index contributed by atoms with van der Waals surface area (Å²) in [5, 5.41) is 3.22. The first-order chi connectivity index (χ1) is 19.2. The monoisotopic (exact) mass is 590 g/mol. The number of hydrogen-bond donors (Lipinski definition) is 2. The molecule has 5 rings (SSSR count). The third kappa shape index (κ3) is 6.58. The molecule has 12 heteroatoms. The van der Waals surface area contributed by atoms with Crippen LogP contribution in [0.1, 0.15) is 46.1 Å². The van der Waals surface area contributed by atoms with Gasteiger partial charge in [0.15, 0.2) is 0 Å². The van der Waals surface area contributed by atoms with Crippen molar-refractivity contribution in [2.24, 2.45) is 11.3 Å². The lowest BCUT2D eigenvalue weighted by molar-refractivity contribution is -0.274. The molecule has 0 bridgehead atoms. The smallest absolute Gasteiger partial charge is 0.406 e. The lowest BCUT2D eigenvalue weighted by Crippen LogP contribution is -2.29. The quantitative estimate of drug-likeness (QED) is 0.213. The number of hydrogen-bond acceptors (Lipinski definition) is 5. The maximum Gasteiger partial charge on any atom is 0.573 e. The second-order valence-corrected chi connectivity index (χ2v) is 13.0. The number of ether oxygens (including phenoxy) is 1. The number of fused-ring (bicyclic) bond motifs is 1. The van der Waals surface area contributed by atoms with E-state index in [0.717, 1.165) is 30.8 Å². The Morgan fingerprint density at radius 2 is 1.68 bits per heavy atom. The van der Waals surface area contributed by atoms with Crippen molar-refractivity contribution in [2.45, 2.75) is 57.3 Å². The van der Waals surface area contributed by atoms with Gasteiger partial charge in [0.25, 0.3) is 10.0 Å². The molecule has 1 aromatic heterocycles. The van der Waals surface area contributed by atoms with Crippen LogP contribution in [-0.2, 0) is 10.0 Å². The lowest BCUT2D eigenvalue weighted by Gasteiger charge is -2.40. The van der Waals surface area contributed by atoms with E-state index in [2.05, 4.69) is 40.1 Å². The average Bonchev–Trinajstić information content (AvgIpc) is 3.20. The van der Waals surface area contributed by atoms with Crippen molar-refractivity contribution >= 4 is 38.4 Å². The van der Waals surface area contributed by atoms with E-state index in [-0.39, 0.29) is 22.9 Å². The maximum atomic E-state index is 14.2. The zero-order valence-electron chi connectivity index (χ0n) is 22.7. The van der Waals surface area contributed by atoms with E-state index < -0.39 is 27.1 Å². The molecule has 1 fully saturated rings. The first kappa shape index (κ1) is 28.7. The first-order valence-corrected chi connectivity index (χ1v) is 14.6. The third-order valence-corrected chi connectivity index (χ3v) is 8.56. The van der Waals surface area contributed by atoms with Crippen molar-refractivity contribution in [3.05, 3.63) is 72.5 Å². The molecule has 1 aliphatic carbocycles. The lowest BCUT2D eigenvalue weighted by atomic mass is 9.70. The van der Waals surface area contributed by atoms with Crippen LogP contribution in [0, 0.1) is 17.2 Å². The number of aromatic nitrogens is 2. The number of nitrogens with zero attached hydrogens (tertiary/aromatic N) is 2. The van der Waals surface area contributed by atoms with Crippen LogP contribution in [0.2, 0.25) is 0 Å². The second-order valence-electron chi connectivity index (χ2n) is 11.3. The van der Waals surface area contributed by atoms with Crippen molar-refractivity contribution in [3.8, 4) is 5.75 Å². The van der Waals surface area contributed by atoms with Gasteiger partial charge in [-0.1, -0.05) is 32.9 Å². The van der Waals surface area contributed by atoms with Crippen LogP contribution in [0.4, 0.5) is 34.9 Å². The normalized spacial score (nSPS) is 19.2. The standard InChI is InChI=1S/C29H30F4N4O3S/c1-18-14-21(17-28(2,3)16-18)37-25-13-10-20(36-41(38,39)26-7-5-4-6-23(26)30)15-24(25)35-27(37)34-19-8-11-22(12-9-19)40-29(31,32)33/h4-13,15,18,21,36H,14,16-17H2,1-3H3,(H,34,35)/t18-,21+/m0/s1. The fraction of sp³-hybridized carbons (Fsp3) is 0.345. The molecular weight excluding hydrogens is 560 g/mol. The Kier molecular flexibility index (Phi) is 7.39. The molecule has 0 saturated heterocycles. The largest absolute Gasteiger partial charge is 0.573 e. The number of benzene rings is 3. The minimum Gasteiger partial charge on any atom is -0.406 e. The molecule has 1 saturated carbocycles. The molecule has 218 valence electrons. The summed E-state index contributed by atoms with van der Waals surface area (Å²) in [5.74, 6) is -0.295. The topological polar surface area (TPSA) is 85.2 Å². The summed E-state index contributed by atoms with van der Waals surface area (Å²) in [6, 6.07) is 15.5. The molecule has 0 spiro atoms. The number of sulfonamides is 1. The molecule has 0 unspecified atom stereocenters. The summed E-state index contributed by atoms with van der Waals surface area (Å²) in [7, 11) is -4.19. The molecule has 0 radical (unpaired) electrons. The van der Waals surface area contributed by atoms with Gasteiger partial charge in [-0.15, -0.1) is 13.2 Å². The fourth-order valence-electron chi connectivity index (χ4n) is 5.85. The SMILES string of the molecule is C[C@H]1C[C@@H](n2c(Nc3ccc(OC(F)(F)F)cc3)nc3cc(NS(=O)(=O)c4ccccc4F)ccc32)CC(C)(C)C1. The van der Waals surface area contributed by atoms with Crippen molar-refractivity contribution in [3.63, 3.8) is 0 Å². The van der Waals surface area contributed by atoms with E-state index >= 15 is 0 Å². The van der Waals surface area contributed by atoms with Crippen molar-refractivity contribution in [2.75, 3.05) is 10.0 Å². The summed E-state index contributed by atoms with van der Waals surface area (Å²) in [5.41, 5.74) is 2.03. The van der Waals surface area contributed by atoms with Gasteiger partial charge in [0, 0.05) is 11.7 Å². The van der Waals surface area contributed by atoms with Crippen LogP contribution in [0.15, 0.2) is 71.6 Å². The number of nitrogens with one attached hydrogen (secondary N) is 2. The van der Waals surface area contributed by atoms with E-state index in [1.54, 1.807) is 18.2 Å². The minimum atomic E-state index is -4.79. The summed E-state index contributed by atoms with van der Waals surface area (Å²) >= 11 is 0. The summed E-state index contributed by atoms with van der Waals surface area (Å²) in [6.07, 6.45) is -1.96. The van der Waals surface area contributed by atoms with Crippen LogP contribution in [0.5, 0.6) is 5.75 Å². The van der Waals surface area contributed by atoms with Gasteiger partial charge in [-0.25, -0.2) is 17.8 Å². The average molecular weight is 591 g/mol. The Labute approximate surface area is 235 Å². The van der Waals surface area contributed by atoms with Gasteiger partial charge < -0.3 is 14.6 Å². The van der Waals surface area contributed by atoms with Crippen molar-refractivity contribution in [1.29, 1.82) is 0 Å². The Morgan fingerprint density at radius 1 is 1.00 bits per heavy atom. The van der Waals surface area contributed by atoms with Gasteiger partial charge in [0.2, 0.25) is 5.95 Å². The zero-order chi connectivity index (χ0) is 29.6. The molecule has 4 aromatic rings. The highest BCUT2D eigenvalue weighted by Crippen LogP contribution is 2.46. The van der Waals surface area contributed by atoms with E-state index in [4.69, 9.17) is 4.98 Å². The highest BCUT2D eigenvalue weighted by atomic mass is 32.2. The van der Waals surface area contributed by atoms with E-state index in [1.165, 1.54) is 42.5 Å². The Balaban J connectivity index is 1.52. The van der Waals surface area contributed by atoms with Crippen molar-refractivity contribution < 1.29 is 30.7 Å². The van der Waals surface area contributed by atoms with Gasteiger partial charge in [-0.3, -0.25) is 4.72 Å². The van der Waals surface area contributed by atoms with Gasteiger partial charge >= 0.3 is 6.36 Å². The van der Waals surface area contributed by atoms with Crippen LogP contribution < -0.4 is 14.8 Å². The first-order valence-electron chi connectivity index (χ1n) is 13.1. The number of anilines is 3. The Bertz CT molecular complexity index is 1670. The van der Waals surface area contributed by atoms with Crippen LogP contribution in [-0.4, -0.2) is 24.3 Å². The minimum absolute atomic E-state index is 0.0649. The van der Waals surface area contributed by atoms with E-state index in [0.29, 0.717) is 23.1 Å². The number of imidazole rings is 1. The molecule has 3 aromatic carbocycles. The molecule has 1 heterocycles. The van der Waals surface area contributed by atoms with E-state index in [9.17, 15) is 26.0 Å². The predicted molar refractivity (Wildman–Crippen MR) is 149 cm³/mol. The Hall–Kier alpha value is -3.80. The van der Waals surface area contributed by atoms with Crippen LogP contribution >= 0.6 is 0 Å². The van der Waals surface area contributed by atoms with E-state index in [1.807, 2.05) is 0 Å². The van der Waals surface area contributed by atoms with Gasteiger partial charge in [0.05, 0.1) is 16.7 Å². The molecule has 2 N–H and O–H groups in total. The fourth-order valence-corrected chi connectivity index (χ4v) is 6.98. The molecular formula is C29H30F4N4O3S. The summed E-state index contributed by atoms with van der Waals surface area (Å²) in [4.78, 5) is 4.28. The summed E-state index contributed by atoms with van der Waals surface area (Å²) < 4.78 is 86.2. The van der Waals surface area contributed by atoms with Gasteiger partial charge in [-0.05, 0) is 85.2 Å². The van der Waals surface area contributed by atoms with Gasteiger partial charge in [0.1, 0.15) is 16.5 Å². The second kappa shape index (κ2) is 10.6. The number of halogens is 4. The van der Waals surface area contributed by atoms with Gasteiger partial charge in [-0.2, -0.15) is 0 Å². The molecule has 2 atom stereocenters. The van der Waals surface area contributed by atoms with Crippen molar-refractivity contribution in [1.82, 2.24) is 9.55 Å². The highest BCUT2D eigenvalue weighted by molar-refractivity contribution is 7.92. The summed E-state index contributed by atoms with van der Waals surface area (Å²) in [6.45, 7) is 6.64. The number of rotatable bonds is 7. The number of alkyl halides is 3. The molecule has 0 amide bonds. The maximum absolute atomic E-state index is 14.2. The molecule has 41 heavy (non-hydrogen) atoms. The molecule has 1 aliphatic rings. The Morgan fingerprint density at radius 3 is 2.34 bits per heavy atom. The van der Waals surface area contributed by atoms with Crippen LogP contribution in [0.3, 0.4) is 0 Å². The third-order valence-electron chi connectivity index (χ3n) is 7.14.